The zero-order valence-corrected chi connectivity index (χ0v) is 17.7. The van der Waals surface area contributed by atoms with Crippen molar-refractivity contribution in [3.05, 3.63) is 83.9 Å². The largest absolute Gasteiger partial charge is 0.332 e. The second-order valence-corrected chi connectivity index (χ2v) is 8.04. The zero-order valence-electron chi connectivity index (χ0n) is 16.1. The van der Waals surface area contributed by atoms with Gasteiger partial charge in [0.2, 0.25) is 0 Å². The lowest BCUT2D eigenvalue weighted by molar-refractivity contribution is 0.101. The Morgan fingerprint density at radius 1 is 0.862 bits per heavy atom. The highest BCUT2D eigenvalue weighted by Gasteiger charge is 2.07. The first-order valence-electron chi connectivity index (χ1n) is 8.95. The number of para-hydroxylation sites is 1. The Labute approximate surface area is 178 Å². The molecule has 0 saturated heterocycles. The minimum Gasteiger partial charge on any atom is -0.332 e. The fourth-order valence-electron chi connectivity index (χ4n) is 2.59. The van der Waals surface area contributed by atoms with E-state index in [1.807, 2.05) is 43.3 Å². The number of carbonyl (C=O) groups excluding carboxylic acids is 1. The molecule has 0 spiro atoms. The van der Waals surface area contributed by atoms with Gasteiger partial charge in [0.25, 0.3) is 0 Å². The number of rotatable bonds is 6. The lowest BCUT2D eigenvalue weighted by atomic mass is 10.1. The van der Waals surface area contributed by atoms with Gasteiger partial charge < -0.3 is 15.4 Å². The molecular weight excluding hydrogens is 402 g/mol. The van der Waals surface area contributed by atoms with Crippen LogP contribution in [0.4, 0.5) is 17.1 Å². The van der Waals surface area contributed by atoms with Gasteiger partial charge >= 0.3 is 0 Å². The number of Topliss-reactive ketones (excluding diaryl/α,β-unsaturated/α-hetero) is 1. The minimum absolute atomic E-state index is 0.0200. The number of anilines is 3. The van der Waals surface area contributed by atoms with Crippen LogP contribution in [-0.4, -0.2) is 15.1 Å². The van der Waals surface area contributed by atoms with Gasteiger partial charge in [0, 0.05) is 22.6 Å². The van der Waals surface area contributed by atoms with E-state index in [0.717, 1.165) is 22.6 Å². The molecule has 29 heavy (non-hydrogen) atoms. The van der Waals surface area contributed by atoms with Crippen molar-refractivity contribution in [1.29, 1.82) is 0 Å². The summed E-state index contributed by atoms with van der Waals surface area (Å²) in [6.45, 7) is 3.50. The van der Waals surface area contributed by atoms with Crippen LogP contribution in [0, 0.1) is 6.92 Å². The molecule has 5 nitrogen and oxygen atoms in total. The van der Waals surface area contributed by atoms with Gasteiger partial charge in [-0.05, 0) is 86.2 Å². The van der Waals surface area contributed by atoms with Crippen molar-refractivity contribution in [1.82, 2.24) is 0 Å². The lowest BCUT2D eigenvalue weighted by Gasteiger charge is -2.12. The smallest absolute Gasteiger partial charge is 0.175 e. The number of carbonyl (C=O) groups is 1. The van der Waals surface area contributed by atoms with Crippen molar-refractivity contribution in [3.63, 3.8) is 0 Å². The molecule has 0 aliphatic carbocycles. The standard InChI is InChI=1S/C22H21N3O2S2/c1-15-5-3-4-6-21(15)25-29(27)20-13-11-19(12-14-20)24-22(28)23-18-9-7-17(8-10-18)16(2)26/h3-14,25H,1-2H3,(H2,23,24,28). The number of aryl methyl sites for hydroxylation is 1. The SMILES string of the molecule is CC(=O)c1ccc(NC(=S)Nc2ccc(S(=O)Nc3ccccc3C)cc2)cc1. The average molecular weight is 424 g/mol. The van der Waals surface area contributed by atoms with E-state index in [0.29, 0.717) is 15.6 Å². The quantitative estimate of drug-likeness (QED) is 0.378. The number of ketones is 1. The lowest BCUT2D eigenvalue weighted by Crippen LogP contribution is -2.19. The van der Waals surface area contributed by atoms with Crippen molar-refractivity contribution in [2.24, 2.45) is 0 Å². The molecule has 0 bridgehead atoms. The molecular formula is C22H21N3O2S2. The van der Waals surface area contributed by atoms with Gasteiger partial charge in [-0.15, -0.1) is 0 Å². The van der Waals surface area contributed by atoms with Crippen LogP contribution in [-0.2, 0) is 11.0 Å². The maximum atomic E-state index is 12.5. The molecule has 3 N–H and O–H groups in total. The van der Waals surface area contributed by atoms with Crippen LogP contribution in [0.1, 0.15) is 22.8 Å². The van der Waals surface area contributed by atoms with Crippen LogP contribution in [0.3, 0.4) is 0 Å². The molecule has 0 aliphatic heterocycles. The van der Waals surface area contributed by atoms with Gasteiger partial charge in [0.15, 0.2) is 10.9 Å². The summed E-state index contributed by atoms with van der Waals surface area (Å²) < 4.78 is 15.6. The molecule has 0 aliphatic rings. The first-order chi connectivity index (χ1) is 13.9. The highest BCUT2D eigenvalue weighted by atomic mass is 32.2. The van der Waals surface area contributed by atoms with Crippen molar-refractivity contribution >= 4 is 51.2 Å². The Morgan fingerprint density at radius 3 is 1.97 bits per heavy atom. The number of hydrogen-bond donors (Lipinski definition) is 3. The van der Waals surface area contributed by atoms with E-state index in [9.17, 15) is 9.00 Å². The molecule has 148 valence electrons. The number of benzene rings is 3. The third kappa shape index (κ3) is 5.73. The summed E-state index contributed by atoms with van der Waals surface area (Å²) in [7, 11) is -1.36. The molecule has 0 aromatic heterocycles. The predicted octanol–water partition coefficient (Wildman–Crippen LogP) is 5.14. The van der Waals surface area contributed by atoms with E-state index >= 15 is 0 Å². The first kappa shape index (κ1) is 20.7. The van der Waals surface area contributed by atoms with Gasteiger partial charge in [-0.3, -0.25) is 4.79 Å². The Bertz CT molecular complexity index is 1050. The normalized spacial score (nSPS) is 11.4. The van der Waals surface area contributed by atoms with Crippen molar-refractivity contribution in [2.45, 2.75) is 18.7 Å². The van der Waals surface area contributed by atoms with E-state index < -0.39 is 11.0 Å². The summed E-state index contributed by atoms with van der Waals surface area (Å²) in [5.41, 5.74) is 4.09. The van der Waals surface area contributed by atoms with Gasteiger partial charge in [0.1, 0.15) is 11.0 Å². The third-order valence-corrected chi connectivity index (χ3v) is 5.53. The van der Waals surface area contributed by atoms with Crippen molar-refractivity contribution in [2.75, 3.05) is 15.4 Å². The van der Waals surface area contributed by atoms with Crippen LogP contribution in [0.15, 0.2) is 77.7 Å². The fourth-order valence-corrected chi connectivity index (χ4v) is 3.76. The summed E-state index contributed by atoms with van der Waals surface area (Å²) in [5, 5.41) is 6.58. The molecule has 0 fully saturated rings. The number of thiocarbonyl (C=S) groups is 1. The molecule has 3 rings (SSSR count). The van der Waals surface area contributed by atoms with Gasteiger partial charge in [-0.2, -0.15) is 0 Å². The maximum absolute atomic E-state index is 12.5. The first-order valence-corrected chi connectivity index (χ1v) is 10.5. The van der Waals surface area contributed by atoms with Crippen LogP contribution >= 0.6 is 12.2 Å². The van der Waals surface area contributed by atoms with Crippen LogP contribution < -0.4 is 15.4 Å². The highest BCUT2D eigenvalue weighted by Crippen LogP contribution is 2.19. The molecule has 0 amide bonds. The molecule has 1 unspecified atom stereocenters. The second kappa shape index (κ2) is 9.45. The molecule has 3 aromatic rings. The van der Waals surface area contributed by atoms with Gasteiger partial charge in [-0.1, -0.05) is 18.2 Å². The highest BCUT2D eigenvalue weighted by molar-refractivity contribution is 7.86. The van der Waals surface area contributed by atoms with Crippen LogP contribution in [0.5, 0.6) is 0 Å². The maximum Gasteiger partial charge on any atom is 0.175 e. The molecule has 0 radical (unpaired) electrons. The van der Waals surface area contributed by atoms with Gasteiger partial charge in [0.05, 0.1) is 4.90 Å². The van der Waals surface area contributed by atoms with E-state index in [1.54, 1.807) is 36.4 Å². The Kier molecular flexibility index (Phi) is 6.74. The molecule has 0 saturated carbocycles. The van der Waals surface area contributed by atoms with E-state index in [-0.39, 0.29) is 5.78 Å². The molecule has 3 aromatic carbocycles. The molecule has 0 heterocycles. The monoisotopic (exact) mass is 423 g/mol. The minimum atomic E-state index is -1.36. The van der Waals surface area contributed by atoms with Crippen molar-refractivity contribution in [3.8, 4) is 0 Å². The summed E-state index contributed by atoms with van der Waals surface area (Å²) in [5.74, 6) is 0.0200. The van der Waals surface area contributed by atoms with Gasteiger partial charge in [-0.25, -0.2) is 4.21 Å². The third-order valence-electron chi connectivity index (χ3n) is 4.22. The van der Waals surface area contributed by atoms with Crippen molar-refractivity contribution < 1.29 is 9.00 Å². The van der Waals surface area contributed by atoms with E-state index in [4.69, 9.17) is 12.2 Å². The Morgan fingerprint density at radius 2 is 1.41 bits per heavy atom. The summed E-state index contributed by atoms with van der Waals surface area (Å²) in [4.78, 5) is 12.0. The topological polar surface area (TPSA) is 70.2 Å². The Balaban J connectivity index is 1.58. The summed E-state index contributed by atoms with van der Waals surface area (Å²) in [6, 6.07) is 22.0. The van der Waals surface area contributed by atoms with Crippen LogP contribution in [0.2, 0.25) is 0 Å². The predicted molar refractivity (Wildman–Crippen MR) is 124 cm³/mol. The molecule has 7 heteroatoms. The van der Waals surface area contributed by atoms with E-state index in [1.165, 1.54) is 6.92 Å². The van der Waals surface area contributed by atoms with Crippen LogP contribution in [0.25, 0.3) is 0 Å². The van der Waals surface area contributed by atoms with E-state index in [2.05, 4.69) is 15.4 Å². The molecule has 1 atom stereocenters. The second-order valence-electron chi connectivity index (χ2n) is 6.42. The number of hydrogen-bond acceptors (Lipinski definition) is 3. The number of nitrogens with one attached hydrogen (secondary N) is 3. The summed E-state index contributed by atoms with van der Waals surface area (Å²) in [6.07, 6.45) is 0. The average Bonchev–Trinajstić information content (AvgIpc) is 2.70. The Hall–Kier alpha value is -3.03. The fraction of sp³-hybridized carbons (Fsp3) is 0.0909. The zero-order chi connectivity index (χ0) is 20.8. The summed E-state index contributed by atoms with van der Waals surface area (Å²) >= 11 is 5.33.